The summed E-state index contributed by atoms with van der Waals surface area (Å²) in [4.78, 5) is 0. The summed E-state index contributed by atoms with van der Waals surface area (Å²) >= 11 is 0. The first-order chi connectivity index (χ1) is 7.09. The van der Waals surface area contributed by atoms with Gasteiger partial charge in [-0.05, 0) is 12.1 Å². The first-order valence-corrected chi connectivity index (χ1v) is 4.44. The van der Waals surface area contributed by atoms with Gasteiger partial charge in [-0.3, -0.25) is 0 Å². The molecule has 0 spiro atoms. The van der Waals surface area contributed by atoms with Crippen molar-refractivity contribution in [3.63, 3.8) is 0 Å². The zero-order chi connectivity index (χ0) is 10.9. The maximum Gasteiger partial charge on any atom is 0.190 e. The minimum atomic E-state index is -1.57. The Morgan fingerprint density at radius 3 is 2.67 bits per heavy atom. The van der Waals surface area contributed by atoms with E-state index < -0.39 is 17.3 Å². The summed E-state index contributed by atoms with van der Waals surface area (Å²) in [6.07, 6.45) is 0. The SMILES string of the molecule is Fc1ccc(F)c(OCC2(F)COC2)c1. The Hall–Kier alpha value is -1.23. The Labute approximate surface area is 84.6 Å². The lowest BCUT2D eigenvalue weighted by Gasteiger charge is -2.33. The van der Waals surface area contributed by atoms with E-state index in [-0.39, 0.29) is 25.6 Å². The number of halogens is 3. The van der Waals surface area contributed by atoms with Gasteiger partial charge in [-0.2, -0.15) is 0 Å². The molecule has 0 aromatic heterocycles. The smallest absolute Gasteiger partial charge is 0.190 e. The average Bonchev–Trinajstić information content (AvgIpc) is 2.17. The fraction of sp³-hybridized carbons (Fsp3) is 0.400. The summed E-state index contributed by atoms with van der Waals surface area (Å²) in [5.74, 6) is -1.61. The largest absolute Gasteiger partial charge is 0.487 e. The predicted octanol–water partition coefficient (Wildman–Crippen LogP) is 2.08. The molecule has 0 bridgehead atoms. The van der Waals surface area contributed by atoms with Crippen molar-refractivity contribution in [2.24, 2.45) is 0 Å². The van der Waals surface area contributed by atoms with Crippen molar-refractivity contribution in [1.82, 2.24) is 0 Å². The molecule has 1 saturated heterocycles. The monoisotopic (exact) mass is 218 g/mol. The van der Waals surface area contributed by atoms with Crippen LogP contribution in [0, 0.1) is 11.6 Å². The third kappa shape index (κ3) is 2.23. The molecule has 0 unspecified atom stereocenters. The van der Waals surface area contributed by atoms with Crippen LogP contribution in [0.4, 0.5) is 13.2 Å². The summed E-state index contributed by atoms with van der Waals surface area (Å²) in [7, 11) is 0. The average molecular weight is 218 g/mol. The first kappa shape index (κ1) is 10.3. The Balaban J connectivity index is 2.01. The lowest BCUT2D eigenvalue weighted by Crippen LogP contribution is -2.50. The number of hydrogen-bond donors (Lipinski definition) is 0. The third-order valence-corrected chi connectivity index (χ3v) is 2.10. The highest BCUT2D eigenvalue weighted by atomic mass is 19.1. The van der Waals surface area contributed by atoms with Gasteiger partial charge in [0.05, 0.1) is 13.2 Å². The molecule has 0 amide bonds. The Bertz CT molecular complexity index is 364. The Morgan fingerprint density at radius 1 is 1.33 bits per heavy atom. The molecule has 15 heavy (non-hydrogen) atoms. The first-order valence-electron chi connectivity index (χ1n) is 4.44. The van der Waals surface area contributed by atoms with Gasteiger partial charge in [0.2, 0.25) is 0 Å². The van der Waals surface area contributed by atoms with Gasteiger partial charge in [-0.25, -0.2) is 13.2 Å². The van der Waals surface area contributed by atoms with Crippen molar-refractivity contribution in [2.75, 3.05) is 19.8 Å². The fourth-order valence-corrected chi connectivity index (χ4v) is 1.20. The Morgan fingerprint density at radius 2 is 2.07 bits per heavy atom. The van der Waals surface area contributed by atoms with Crippen LogP contribution in [-0.2, 0) is 4.74 Å². The number of rotatable bonds is 3. The van der Waals surface area contributed by atoms with E-state index >= 15 is 0 Å². The fourth-order valence-electron chi connectivity index (χ4n) is 1.20. The maximum absolute atomic E-state index is 13.4. The van der Waals surface area contributed by atoms with Crippen molar-refractivity contribution >= 4 is 0 Å². The van der Waals surface area contributed by atoms with Crippen LogP contribution in [0.1, 0.15) is 0 Å². The molecule has 1 aliphatic rings. The quantitative estimate of drug-likeness (QED) is 0.773. The van der Waals surface area contributed by atoms with Gasteiger partial charge in [0.25, 0.3) is 0 Å². The molecule has 0 N–H and O–H groups in total. The topological polar surface area (TPSA) is 18.5 Å². The minimum absolute atomic E-state index is 0.0655. The molecule has 1 aromatic rings. The summed E-state index contributed by atoms with van der Waals surface area (Å²) < 4.78 is 48.6. The van der Waals surface area contributed by atoms with E-state index in [4.69, 9.17) is 4.74 Å². The standard InChI is InChI=1S/C10H9F3O2/c11-7-1-2-8(12)9(3-7)15-6-10(13)4-14-5-10/h1-3H,4-6H2. The van der Waals surface area contributed by atoms with Crippen LogP contribution in [0.3, 0.4) is 0 Å². The maximum atomic E-state index is 13.4. The molecular weight excluding hydrogens is 209 g/mol. The molecule has 5 heteroatoms. The minimum Gasteiger partial charge on any atom is -0.487 e. The van der Waals surface area contributed by atoms with Crippen LogP contribution >= 0.6 is 0 Å². The zero-order valence-corrected chi connectivity index (χ0v) is 7.80. The van der Waals surface area contributed by atoms with Gasteiger partial charge < -0.3 is 9.47 Å². The highest BCUT2D eigenvalue weighted by molar-refractivity contribution is 5.25. The second kappa shape index (κ2) is 3.73. The molecule has 2 nitrogen and oxygen atoms in total. The molecule has 0 atom stereocenters. The molecule has 1 aromatic carbocycles. The second-order valence-electron chi connectivity index (χ2n) is 3.51. The molecule has 1 heterocycles. The molecule has 1 aliphatic heterocycles. The molecule has 0 radical (unpaired) electrons. The van der Waals surface area contributed by atoms with Crippen molar-refractivity contribution < 1.29 is 22.6 Å². The van der Waals surface area contributed by atoms with Gasteiger partial charge >= 0.3 is 0 Å². The van der Waals surface area contributed by atoms with E-state index in [0.29, 0.717) is 0 Å². The van der Waals surface area contributed by atoms with E-state index in [2.05, 4.69) is 4.74 Å². The zero-order valence-electron chi connectivity index (χ0n) is 7.80. The van der Waals surface area contributed by atoms with E-state index in [1.54, 1.807) is 0 Å². The molecule has 1 fully saturated rings. The molecule has 2 rings (SSSR count). The van der Waals surface area contributed by atoms with Crippen LogP contribution in [0.25, 0.3) is 0 Å². The van der Waals surface area contributed by atoms with Gasteiger partial charge in [0.1, 0.15) is 12.4 Å². The van der Waals surface area contributed by atoms with Crippen molar-refractivity contribution in [2.45, 2.75) is 5.67 Å². The summed E-state index contributed by atoms with van der Waals surface area (Å²) in [5, 5.41) is 0. The van der Waals surface area contributed by atoms with Gasteiger partial charge in [0.15, 0.2) is 17.2 Å². The second-order valence-corrected chi connectivity index (χ2v) is 3.51. The lowest BCUT2D eigenvalue weighted by atomic mass is 10.1. The predicted molar refractivity (Wildman–Crippen MR) is 46.5 cm³/mol. The van der Waals surface area contributed by atoms with Crippen LogP contribution in [0.15, 0.2) is 18.2 Å². The van der Waals surface area contributed by atoms with Gasteiger partial charge in [-0.15, -0.1) is 0 Å². The number of benzene rings is 1. The lowest BCUT2D eigenvalue weighted by molar-refractivity contribution is -0.146. The van der Waals surface area contributed by atoms with Gasteiger partial charge in [-0.1, -0.05) is 0 Å². The Kier molecular flexibility index (Phi) is 2.56. The van der Waals surface area contributed by atoms with Crippen LogP contribution in [0.5, 0.6) is 5.75 Å². The highest BCUT2D eigenvalue weighted by Gasteiger charge is 2.40. The normalized spacial score (nSPS) is 18.3. The van der Waals surface area contributed by atoms with Crippen LogP contribution in [0.2, 0.25) is 0 Å². The van der Waals surface area contributed by atoms with E-state index in [0.717, 1.165) is 18.2 Å². The van der Waals surface area contributed by atoms with E-state index in [1.165, 1.54) is 0 Å². The summed E-state index contributed by atoms with van der Waals surface area (Å²) in [6, 6.07) is 2.80. The number of ether oxygens (including phenoxy) is 2. The number of hydrogen-bond acceptors (Lipinski definition) is 2. The summed E-state index contributed by atoms with van der Waals surface area (Å²) in [6.45, 7) is -0.457. The molecular formula is C10H9F3O2. The van der Waals surface area contributed by atoms with E-state index in [1.807, 2.05) is 0 Å². The van der Waals surface area contributed by atoms with Crippen molar-refractivity contribution in [1.29, 1.82) is 0 Å². The van der Waals surface area contributed by atoms with Crippen LogP contribution < -0.4 is 4.74 Å². The molecule has 0 saturated carbocycles. The van der Waals surface area contributed by atoms with Gasteiger partial charge in [0, 0.05) is 6.07 Å². The third-order valence-electron chi connectivity index (χ3n) is 2.10. The molecule has 82 valence electrons. The van der Waals surface area contributed by atoms with Crippen LogP contribution in [-0.4, -0.2) is 25.5 Å². The highest BCUT2D eigenvalue weighted by Crippen LogP contribution is 2.25. The molecule has 0 aliphatic carbocycles. The number of alkyl halides is 1. The van der Waals surface area contributed by atoms with Crippen molar-refractivity contribution in [3.05, 3.63) is 29.8 Å². The summed E-state index contributed by atoms with van der Waals surface area (Å²) in [5.41, 5.74) is -1.57. The van der Waals surface area contributed by atoms with E-state index in [9.17, 15) is 13.2 Å². The van der Waals surface area contributed by atoms with Crippen molar-refractivity contribution in [3.8, 4) is 5.75 Å².